The van der Waals surface area contributed by atoms with Crippen LogP contribution in [0.15, 0.2) is 0 Å². The number of rotatable bonds is 4. The first-order valence-electron chi connectivity index (χ1n) is 7.99. The van der Waals surface area contributed by atoms with Crippen molar-refractivity contribution in [2.45, 2.75) is 69.6 Å². The van der Waals surface area contributed by atoms with Crippen LogP contribution in [0.3, 0.4) is 0 Å². The van der Waals surface area contributed by atoms with Crippen molar-refractivity contribution in [3.05, 3.63) is 0 Å². The Bertz CT molecular complexity index is 380. The van der Waals surface area contributed by atoms with E-state index in [1.807, 2.05) is 7.05 Å². The molecule has 4 unspecified atom stereocenters. The van der Waals surface area contributed by atoms with Gasteiger partial charge in [-0.15, -0.1) is 0 Å². The zero-order chi connectivity index (χ0) is 13.9. The van der Waals surface area contributed by atoms with Crippen LogP contribution in [0.2, 0.25) is 0 Å². The average molecular weight is 287 g/mol. The molecule has 4 atom stereocenters. The number of nitrogens with one attached hydrogen (secondary N) is 1. The van der Waals surface area contributed by atoms with E-state index in [0.29, 0.717) is 17.6 Å². The molecule has 0 aromatic rings. The lowest BCUT2D eigenvalue weighted by Crippen LogP contribution is -2.51. The van der Waals surface area contributed by atoms with Gasteiger partial charge in [0.15, 0.2) is 9.84 Å². The van der Waals surface area contributed by atoms with Crippen molar-refractivity contribution >= 4 is 9.84 Å². The third kappa shape index (κ3) is 3.33. The Morgan fingerprint density at radius 3 is 2.42 bits per heavy atom. The molecule has 2 fully saturated rings. The molecule has 1 N–H and O–H groups in total. The van der Waals surface area contributed by atoms with Crippen LogP contribution < -0.4 is 5.32 Å². The van der Waals surface area contributed by atoms with E-state index in [4.69, 9.17) is 0 Å². The average Bonchev–Trinajstić information content (AvgIpc) is 2.41. The quantitative estimate of drug-likeness (QED) is 0.865. The van der Waals surface area contributed by atoms with Gasteiger partial charge < -0.3 is 5.32 Å². The molecule has 1 heterocycles. The summed E-state index contributed by atoms with van der Waals surface area (Å²) in [4.78, 5) is 0. The molecule has 0 aromatic carbocycles. The van der Waals surface area contributed by atoms with Crippen LogP contribution in [-0.2, 0) is 9.84 Å². The first-order valence-corrected chi connectivity index (χ1v) is 9.70. The molecule has 3 nitrogen and oxygen atoms in total. The lowest BCUT2D eigenvalue weighted by atomic mass is 9.73. The molecule has 1 saturated carbocycles. The monoisotopic (exact) mass is 287 g/mol. The minimum Gasteiger partial charge on any atom is -0.315 e. The van der Waals surface area contributed by atoms with Crippen molar-refractivity contribution in [1.82, 2.24) is 5.32 Å². The van der Waals surface area contributed by atoms with E-state index in [-0.39, 0.29) is 11.3 Å². The van der Waals surface area contributed by atoms with Crippen molar-refractivity contribution < 1.29 is 8.42 Å². The summed E-state index contributed by atoms with van der Waals surface area (Å²) in [7, 11) is -0.924. The van der Waals surface area contributed by atoms with Gasteiger partial charge >= 0.3 is 0 Å². The second-order valence-corrected chi connectivity index (χ2v) is 8.67. The van der Waals surface area contributed by atoms with E-state index in [9.17, 15) is 8.42 Å². The largest absolute Gasteiger partial charge is 0.315 e. The summed E-state index contributed by atoms with van der Waals surface area (Å²) in [6, 6.07) is 0.176. The Morgan fingerprint density at radius 2 is 1.79 bits per heavy atom. The Kier molecular flexibility index (Phi) is 5.29. The van der Waals surface area contributed by atoms with Crippen LogP contribution in [-0.4, -0.2) is 32.5 Å². The Balaban J connectivity index is 2.17. The van der Waals surface area contributed by atoms with Gasteiger partial charge in [0.25, 0.3) is 0 Å². The van der Waals surface area contributed by atoms with E-state index >= 15 is 0 Å². The van der Waals surface area contributed by atoms with E-state index in [2.05, 4.69) is 12.2 Å². The fraction of sp³-hybridized carbons (Fsp3) is 1.00. The molecule has 112 valence electrons. The first-order chi connectivity index (χ1) is 9.10. The number of sulfone groups is 1. The molecule has 2 rings (SSSR count). The third-order valence-electron chi connectivity index (χ3n) is 5.32. The minimum absolute atomic E-state index is 0.136. The SMILES string of the molecule is CCC1CCCCC1C(NC)C1CCCCS1(=O)=O. The van der Waals surface area contributed by atoms with Crippen LogP contribution in [0.5, 0.6) is 0 Å². The molecule has 0 amide bonds. The summed E-state index contributed by atoms with van der Waals surface area (Å²) in [6.07, 6.45) is 9.07. The molecule has 0 bridgehead atoms. The van der Waals surface area contributed by atoms with Gasteiger partial charge in [0, 0.05) is 6.04 Å². The fourth-order valence-electron chi connectivity index (χ4n) is 4.27. The molecule has 0 spiro atoms. The van der Waals surface area contributed by atoms with E-state index in [1.165, 1.54) is 32.1 Å². The molecular weight excluding hydrogens is 258 g/mol. The molecule has 2 aliphatic rings. The van der Waals surface area contributed by atoms with Crippen molar-refractivity contribution in [2.24, 2.45) is 11.8 Å². The molecule has 0 aromatic heterocycles. The van der Waals surface area contributed by atoms with Crippen LogP contribution in [0.25, 0.3) is 0 Å². The molecule has 4 heteroatoms. The van der Waals surface area contributed by atoms with E-state index in [1.54, 1.807) is 0 Å². The van der Waals surface area contributed by atoms with E-state index < -0.39 is 9.84 Å². The molecule has 19 heavy (non-hydrogen) atoms. The van der Waals surface area contributed by atoms with Crippen LogP contribution >= 0.6 is 0 Å². The second-order valence-electron chi connectivity index (χ2n) is 6.33. The molecule has 1 aliphatic heterocycles. The van der Waals surface area contributed by atoms with Gasteiger partial charge in [-0.05, 0) is 38.1 Å². The molecule has 1 aliphatic carbocycles. The smallest absolute Gasteiger partial charge is 0.154 e. The van der Waals surface area contributed by atoms with Gasteiger partial charge in [0.2, 0.25) is 0 Å². The van der Waals surface area contributed by atoms with Gasteiger partial charge in [0.05, 0.1) is 11.0 Å². The zero-order valence-corrected chi connectivity index (χ0v) is 13.2. The predicted molar refractivity (Wildman–Crippen MR) is 80.0 cm³/mol. The lowest BCUT2D eigenvalue weighted by Gasteiger charge is -2.41. The highest BCUT2D eigenvalue weighted by Gasteiger charge is 2.41. The first kappa shape index (κ1) is 15.3. The van der Waals surface area contributed by atoms with Crippen molar-refractivity contribution in [3.63, 3.8) is 0 Å². The fourth-order valence-corrected chi connectivity index (χ4v) is 6.49. The van der Waals surface area contributed by atoms with Crippen LogP contribution in [0.4, 0.5) is 0 Å². The normalized spacial score (nSPS) is 36.8. The van der Waals surface area contributed by atoms with Crippen molar-refractivity contribution in [3.8, 4) is 0 Å². The van der Waals surface area contributed by atoms with Crippen LogP contribution in [0, 0.1) is 11.8 Å². The molecule has 0 radical (unpaired) electrons. The summed E-state index contributed by atoms with van der Waals surface area (Å²) in [5.74, 6) is 1.67. The van der Waals surface area contributed by atoms with E-state index in [0.717, 1.165) is 19.3 Å². The number of hydrogen-bond acceptors (Lipinski definition) is 3. The molecule has 1 saturated heterocycles. The summed E-state index contributed by atoms with van der Waals surface area (Å²) < 4.78 is 24.8. The Morgan fingerprint density at radius 1 is 1.11 bits per heavy atom. The van der Waals surface area contributed by atoms with Crippen molar-refractivity contribution in [2.75, 3.05) is 12.8 Å². The maximum Gasteiger partial charge on any atom is 0.154 e. The van der Waals surface area contributed by atoms with Gasteiger partial charge in [-0.3, -0.25) is 0 Å². The summed E-state index contributed by atoms with van der Waals surface area (Å²) in [5.41, 5.74) is 0. The lowest BCUT2D eigenvalue weighted by molar-refractivity contribution is 0.172. The minimum atomic E-state index is -2.88. The zero-order valence-electron chi connectivity index (χ0n) is 12.4. The van der Waals surface area contributed by atoms with Gasteiger partial charge in [-0.2, -0.15) is 0 Å². The highest BCUT2D eigenvalue weighted by atomic mass is 32.2. The maximum atomic E-state index is 12.4. The topological polar surface area (TPSA) is 46.2 Å². The Labute approximate surface area is 118 Å². The Hall–Kier alpha value is -0.0900. The van der Waals surface area contributed by atoms with Crippen LogP contribution in [0.1, 0.15) is 58.3 Å². The summed E-state index contributed by atoms with van der Waals surface area (Å²) >= 11 is 0. The third-order valence-corrected chi connectivity index (χ3v) is 7.63. The standard InChI is InChI=1S/C15H29NO2S/c1-3-12-8-4-5-9-13(12)15(16-2)14-10-6-7-11-19(14,17)18/h12-16H,3-11H2,1-2H3. The second kappa shape index (κ2) is 6.57. The van der Waals surface area contributed by atoms with Crippen molar-refractivity contribution in [1.29, 1.82) is 0 Å². The highest BCUT2D eigenvalue weighted by Crippen LogP contribution is 2.38. The van der Waals surface area contributed by atoms with Gasteiger partial charge in [-0.25, -0.2) is 8.42 Å². The van der Waals surface area contributed by atoms with Gasteiger partial charge in [-0.1, -0.05) is 39.0 Å². The number of hydrogen-bond donors (Lipinski definition) is 1. The molecular formula is C15H29NO2S. The summed E-state index contributed by atoms with van der Waals surface area (Å²) in [5, 5.41) is 3.25. The van der Waals surface area contributed by atoms with Gasteiger partial charge in [0.1, 0.15) is 0 Å². The predicted octanol–water partition coefficient (Wildman–Crippen LogP) is 2.76. The summed E-state index contributed by atoms with van der Waals surface area (Å²) in [6.45, 7) is 2.26. The highest BCUT2D eigenvalue weighted by molar-refractivity contribution is 7.92. The maximum absolute atomic E-state index is 12.4.